The van der Waals surface area contributed by atoms with Gasteiger partial charge in [-0.2, -0.15) is 0 Å². The van der Waals surface area contributed by atoms with Crippen LogP contribution in [0.15, 0.2) is 42.6 Å². The molecule has 74 valence electrons. The van der Waals surface area contributed by atoms with E-state index in [0.29, 0.717) is 0 Å². The molecule has 0 fully saturated rings. The number of nitrogens with zero attached hydrogens (tertiary/aromatic N) is 2. The van der Waals surface area contributed by atoms with Crippen LogP contribution in [-0.2, 0) is 15.7 Å². The van der Waals surface area contributed by atoms with Crippen molar-refractivity contribution < 1.29 is 15.7 Å². The third-order valence-electron chi connectivity index (χ3n) is 2.39. The predicted octanol–water partition coefficient (Wildman–Crippen LogP) is 1.96. The fraction of sp³-hybridized carbons (Fsp3) is 0. The Bertz CT molecular complexity index is 649. The molecule has 1 aromatic carbocycles. The zero-order valence-electron chi connectivity index (χ0n) is 7.77. The quantitative estimate of drug-likeness (QED) is 0.559. The number of aromatic nitrogens is 2. The summed E-state index contributed by atoms with van der Waals surface area (Å²) in [4.78, 5) is 8.72. The van der Waals surface area contributed by atoms with Crippen LogP contribution in [0.3, 0.4) is 0 Å². The van der Waals surface area contributed by atoms with Crippen molar-refractivity contribution in [1.29, 1.82) is 0 Å². The molecule has 15 heavy (non-hydrogen) atoms. The van der Waals surface area contributed by atoms with E-state index in [1.807, 2.05) is 36.4 Å². The normalized spacial score (nSPS) is 11.1. The van der Waals surface area contributed by atoms with Crippen LogP contribution in [0.5, 0.6) is 0 Å². The minimum atomic E-state index is 0.728. The van der Waals surface area contributed by atoms with Gasteiger partial charge in [-0.15, -0.1) is 0 Å². The minimum absolute atomic E-state index is 0.728. The third kappa shape index (κ3) is 1.40. The third-order valence-corrected chi connectivity index (χ3v) is 2.68. The Morgan fingerprint density at radius 3 is 2.80 bits per heavy atom. The summed E-state index contributed by atoms with van der Waals surface area (Å²) in [7, 11) is 0. The summed E-state index contributed by atoms with van der Waals surface area (Å²) in [6.45, 7) is 0. The van der Waals surface area contributed by atoms with Crippen molar-refractivity contribution in [2.24, 2.45) is 0 Å². The van der Waals surface area contributed by atoms with E-state index in [4.69, 9.17) is 0 Å². The Kier molecular flexibility index (Phi) is 1.94. The van der Waals surface area contributed by atoms with Gasteiger partial charge in [0.05, 0.1) is 0 Å². The van der Waals surface area contributed by atoms with Crippen LogP contribution in [0.4, 0.5) is 0 Å². The first-order valence-electron chi connectivity index (χ1n) is 4.62. The molecule has 0 N–H and O–H groups in total. The van der Waals surface area contributed by atoms with Crippen LogP contribution in [0.1, 0.15) is 0 Å². The van der Waals surface area contributed by atoms with Crippen molar-refractivity contribution in [1.82, 2.24) is 9.97 Å². The van der Waals surface area contributed by atoms with E-state index >= 15 is 0 Å². The average molecular weight is 238 g/mol. The first-order valence-corrected chi connectivity index (χ1v) is 5.14. The molecule has 0 radical (unpaired) electrons. The molecule has 2 heterocycles. The molecule has 0 saturated heterocycles. The standard InChI is InChI=1S/C12H7N2.Co/c1-3-9-5-6-11-10(4-2-7-13-11)12(9)14-8-1;/h1-7H;. The van der Waals surface area contributed by atoms with Crippen LogP contribution in [0.2, 0.25) is 0 Å². The predicted molar refractivity (Wildman–Crippen MR) is 56.7 cm³/mol. The Morgan fingerprint density at radius 1 is 1.00 bits per heavy atom. The molecule has 2 nitrogen and oxygen atoms in total. The van der Waals surface area contributed by atoms with Crippen LogP contribution in [-0.4, -0.2) is 9.97 Å². The zero-order valence-corrected chi connectivity index (χ0v) is 8.81. The molecule has 0 amide bonds. The van der Waals surface area contributed by atoms with Crippen molar-refractivity contribution >= 4 is 26.4 Å². The topological polar surface area (TPSA) is 25.8 Å². The van der Waals surface area contributed by atoms with Crippen molar-refractivity contribution in [2.45, 2.75) is 0 Å². The van der Waals surface area contributed by atoms with Gasteiger partial charge in [0.25, 0.3) is 0 Å². The summed E-state index contributed by atoms with van der Waals surface area (Å²) in [6.07, 6.45) is 1.79. The van der Waals surface area contributed by atoms with E-state index in [9.17, 15) is 0 Å². The van der Waals surface area contributed by atoms with Crippen LogP contribution in [0, 0.1) is 0 Å². The molecule has 0 unspecified atom stereocenters. The number of hydrogen-bond donors (Lipinski definition) is 0. The maximum atomic E-state index is 4.42. The number of rotatable bonds is 0. The number of pyridine rings is 2. The fourth-order valence-electron chi connectivity index (χ4n) is 1.71. The summed E-state index contributed by atoms with van der Waals surface area (Å²) in [5.74, 6) is 0. The van der Waals surface area contributed by atoms with Gasteiger partial charge in [0.1, 0.15) is 0 Å². The van der Waals surface area contributed by atoms with Crippen molar-refractivity contribution in [3.05, 3.63) is 42.6 Å². The van der Waals surface area contributed by atoms with Crippen molar-refractivity contribution in [3.8, 4) is 0 Å². The van der Waals surface area contributed by atoms with E-state index in [2.05, 4.69) is 25.7 Å². The van der Waals surface area contributed by atoms with Gasteiger partial charge in [0.15, 0.2) is 0 Å². The van der Waals surface area contributed by atoms with E-state index in [1.165, 1.54) is 0 Å². The Morgan fingerprint density at radius 2 is 1.87 bits per heavy atom. The summed E-state index contributed by atoms with van der Waals surface area (Å²) in [6, 6.07) is 11.9. The molecule has 0 atom stereocenters. The molecule has 3 aromatic rings. The Labute approximate surface area is 94.9 Å². The van der Waals surface area contributed by atoms with Gasteiger partial charge >= 0.3 is 94.7 Å². The summed E-state index contributed by atoms with van der Waals surface area (Å²) >= 11 is 4.31. The molecule has 3 rings (SSSR count). The van der Waals surface area contributed by atoms with E-state index in [-0.39, 0.29) is 0 Å². The molecule has 0 aliphatic rings. The Balaban J connectivity index is 2.57. The van der Waals surface area contributed by atoms with E-state index in [0.717, 1.165) is 26.4 Å². The second-order valence-electron chi connectivity index (χ2n) is 3.32. The molecule has 3 heteroatoms. The molecule has 0 bridgehead atoms. The Hall–Kier alpha value is -1.45. The maximum absolute atomic E-state index is 4.42. The number of hydrogen-bond acceptors (Lipinski definition) is 2. The van der Waals surface area contributed by atoms with E-state index < -0.39 is 0 Å². The van der Waals surface area contributed by atoms with Crippen molar-refractivity contribution in [3.63, 3.8) is 0 Å². The second kappa shape index (κ2) is 3.29. The molecular weight excluding hydrogens is 231 g/mol. The summed E-state index contributed by atoms with van der Waals surface area (Å²) in [5.41, 5.74) is 1.93. The SMILES string of the molecule is [Co][c]1ccc2ccc3ncccc3c2n1. The van der Waals surface area contributed by atoms with Crippen molar-refractivity contribution in [2.75, 3.05) is 0 Å². The molecule has 0 aliphatic carbocycles. The van der Waals surface area contributed by atoms with Crippen LogP contribution < -0.4 is 4.63 Å². The summed E-state index contributed by atoms with van der Waals surface area (Å²) in [5, 5.41) is 2.19. The molecule has 0 spiro atoms. The van der Waals surface area contributed by atoms with Gasteiger partial charge in [-0.05, 0) is 0 Å². The van der Waals surface area contributed by atoms with Gasteiger partial charge in [-0.25, -0.2) is 0 Å². The monoisotopic (exact) mass is 238 g/mol. The first-order chi connectivity index (χ1) is 7.34. The number of benzene rings is 1. The van der Waals surface area contributed by atoms with Gasteiger partial charge < -0.3 is 0 Å². The van der Waals surface area contributed by atoms with Crippen LogP contribution in [0.25, 0.3) is 21.8 Å². The van der Waals surface area contributed by atoms with E-state index in [1.54, 1.807) is 6.20 Å². The van der Waals surface area contributed by atoms with Gasteiger partial charge in [0, 0.05) is 0 Å². The number of fused-ring (bicyclic) bond motifs is 3. The molecular formula is C12H7CoN2. The summed E-state index contributed by atoms with van der Waals surface area (Å²) < 4.78 is 0.728. The van der Waals surface area contributed by atoms with Gasteiger partial charge in [-0.1, -0.05) is 0 Å². The fourth-order valence-corrected chi connectivity index (χ4v) is 1.91. The van der Waals surface area contributed by atoms with Gasteiger partial charge in [-0.3, -0.25) is 0 Å². The molecule has 0 saturated carbocycles. The van der Waals surface area contributed by atoms with Crippen LogP contribution >= 0.6 is 0 Å². The van der Waals surface area contributed by atoms with Gasteiger partial charge in [0.2, 0.25) is 0 Å². The second-order valence-corrected chi connectivity index (χ2v) is 3.85. The average Bonchev–Trinajstić information content (AvgIpc) is 2.29. The molecule has 0 aliphatic heterocycles. The zero-order chi connectivity index (χ0) is 10.3. The molecule has 2 aromatic heterocycles. The first kappa shape index (κ1) is 8.82.